The first-order valence-electron chi connectivity index (χ1n) is 4.95. The Morgan fingerprint density at radius 1 is 1.27 bits per heavy atom. The highest BCUT2D eigenvalue weighted by molar-refractivity contribution is 6.64. The molecule has 0 aromatic heterocycles. The maximum absolute atomic E-state index is 12.9. The van der Waals surface area contributed by atoms with Crippen LogP contribution in [-0.2, 0) is 5.88 Å². The molecule has 0 amide bonds. The molecule has 0 saturated heterocycles. The average molecular weight is 249 g/mol. The van der Waals surface area contributed by atoms with Gasteiger partial charge in [0.2, 0.25) is 0 Å². The van der Waals surface area contributed by atoms with Crippen LogP contribution >= 0.6 is 11.6 Å². The lowest BCUT2D eigenvalue weighted by atomic mass is 10.0. The van der Waals surface area contributed by atoms with Crippen LogP contribution in [0.25, 0.3) is 0 Å². The van der Waals surface area contributed by atoms with Gasteiger partial charge in [0.25, 0.3) is 0 Å². The first kappa shape index (κ1) is 12.7. The second-order valence-corrected chi connectivity index (χ2v) is 6.87. The largest absolute Gasteiger partial charge is 0.422 e. The van der Waals surface area contributed by atoms with Crippen LogP contribution in [0, 0.1) is 0 Å². The number of halogens is 3. The summed E-state index contributed by atoms with van der Waals surface area (Å²) in [6, 6.07) is 7.60. The van der Waals surface area contributed by atoms with Crippen LogP contribution in [-0.4, -0.2) is 8.74 Å². The minimum atomic E-state index is -3.95. The summed E-state index contributed by atoms with van der Waals surface area (Å²) in [5, 5.41) is 0. The van der Waals surface area contributed by atoms with E-state index in [2.05, 4.69) is 0 Å². The van der Waals surface area contributed by atoms with Crippen LogP contribution in [0.4, 0.5) is 8.22 Å². The lowest BCUT2D eigenvalue weighted by Gasteiger charge is -2.15. The van der Waals surface area contributed by atoms with Crippen molar-refractivity contribution in [1.82, 2.24) is 0 Å². The molecule has 0 saturated carbocycles. The van der Waals surface area contributed by atoms with Gasteiger partial charge in [0.05, 0.1) is 0 Å². The Kier molecular flexibility index (Phi) is 4.29. The summed E-state index contributed by atoms with van der Waals surface area (Å²) < 4.78 is 25.8. The molecular weight excluding hydrogens is 234 g/mol. The second-order valence-electron chi connectivity index (χ2n) is 4.05. The van der Waals surface area contributed by atoms with Crippen molar-refractivity contribution >= 4 is 20.3 Å². The van der Waals surface area contributed by atoms with Crippen molar-refractivity contribution in [3.63, 3.8) is 0 Å². The molecule has 0 N–H and O–H groups in total. The van der Waals surface area contributed by atoms with Gasteiger partial charge < -0.3 is 0 Å². The number of hydrogen-bond donors (Lipinski definition) is 0. The van der Waals surface area contributed by atoms with Crippen LogP contribution in [0.5, 0.6) is 0 Å². The molecule has 1 atom stereocenters. The first-order chi connectivity index (χ1) is 6.92. The van der Waals surface area contributed by atoms with Crippen LogP contribution < -0.4 is 0 Å². The monoisotopic (exact) mass is 248 g/mol. The number of benzene rings is 1. The summed E-state index contributed by atoms with van der Waals surface area (Å²) in [6.07, 6.45) is 0. The molecule has 1 unspecified atom stereocenters. The van der Waals surface area contributed by atoms with Gasteiger partial charge in [0.15, 0.2) is 0 Å². The third kappa shape index (κ3) is 4.30. The zero-order valence-electron chi connectivity index (χ0n) is 8.93. The van der Waals surface area contributed by atoms with E-state index >= 15 is 0 Å². The molecule has 4 heteroatoms. The van der Waals surface area contributed by atoms with Crippen molar-refractivity contribution < 1.29 is 8.22 Å². The fourth-order valence-electron chi connectivity index (χ4n) is 1.59. The molecule has 0 radical (unpaired) electrons. The number of hydrogen-bond acceptors (Lipinski definition) is 0. The van der Waals surface area contributed by atoms with E-state index in [-0.39, 0.29) is 12.0 Å². The molecule has 84 valence electrons. The summed E-state index contributed by atoms with van der Waals surface area (Å²) in [7, 11) is -3.95. The SMILES string of the molecule is CC(C[Si](C)(F)F)c1ccc(CCl)cc1. The van der Waals surface area contributed by atoms with Gasteiger partial charge in [0.1, 0.15) is 0 Å². The van der Waals surface area contributed by atoms with E-state index in [0.717, 1.165) is 17.7 Å². The van der Waals surface area contributed by atoms with Gasteiger partial charge in [0, 0.05) is 11.9 Å². The van der Waals surface area contributed by atoms with E-state index in [1.54, 1.807) is 0 Å². The van der Waals surface area contributed by atoms with Gasteiger partial charge in [-0.15, -0.1) is 11.6 Å². The van der Waals surface area contributed by atoms with Gasteiger partial charge in [-0.05, 0) is 23.6 Å². The van der Waals surface area contributed by atoms with Crippen molar-refractivity contribution in [2.24, 2.45) is 0 Å². The quantitative estimate of drug-likeness (QED) is 0.417. The lowest BCUT2D eigenvalue weighted by Crippen LogP contribution is -2.18. The van der Waals surface area contributed by atoms with Crippen molar-refractivity contribution in [1.29, 1.82) is 0 Å². The predicted octanol–water partition coefficient (Wildman–Crippen LogP) is 4.54. The van der Waals surface area contributed by atoms with Crippen LogP contribution in [0.3, 0.4) is 0 Å². The molecule has 0 spiro atoms. The molecule has 15 heavy (non-hydrogen) atoms. The average Bonchev–Trinajstić information content (AvgIpc) is 2.15. The van der Waals surface area contributed by atoms with Crippen LogP contribution in [0.2, 0.25) is 12.6 Å². The number of alkyl halides is 1. The van der Waals surface area contributed by atoms with Gasteiger partial charge >= 0.3 is 8.74 Å². The molecule has 1 rings (SSSR count). The zero-order valence-corrected chi connectivity index (χ0v) is 10.7. The Labute approximate surface area is 95.6 Å². The topological polar surface area (TPSA) is 0 Å². The Morgan fingerprint density at radius 3 is 2.20 bits per heavy atom. The van der Waals surface area contributed by atoms with E-state index in [9.17, 15) is 8.22 Å². The molecule has 0 aliphatic carbocycles. The molecule has 0 heterocycles. The summed E-state index contributed by atoms with van der Waals surface area (Å²) in [6.45, 7) is 2.94. The minimum Gasteiger partial charge on any atom is -0.271 e. The summed E-state index contributed by atoms with van der Waals surface area (Å²) in [5.41, 5.74) is 1.99. The van der Waals surface area contributed by atoms with Crippen molar-refractivity contribution in [2.45, 2.75) is 31.3 Å². The third-order valence-corrected chi connectivity index (χ3v) is 4.01. The Bertz CT molecular complexity index is 305. The van der Waals surface area contributed by atoms with E-state index in [0.29, 0.717) is 5.88 Å². The Hall–Kier alpha value is -0.413. The summed E-state index contributed by atoms with van der Waals surface area (Å²) in [4.78, 5) is 0. The Balaban J connectivity index is 2.70. The highest BCUT2D eigenvalue weighted by atomic mass is 35.5. The fraction of sp³-hybridized carbons (Fsp3) is 0.455. The van der Waals surface area contributed by atoms with E-state index in [1.807, 2.05) is 31.2 Å². The highest BCUT2D eigenvalue weighted by Gasteiger charge is 2.30. The zero-order chi connectivity index (χ0) is 11.5. The molecule has 1 aromatic carbocycles. The maximum Gasteiger partial charge on any atom is 0.422 e. The number of rotatable bonds is 4. The maximum atomic E-state index is 12.9. The van der Waals surface area contributed by atoms with E-state index in [1.165, 1.54) is 0 Å². The van der Waals surface area contributed by atoms with Crippen molar-refractivity contribution in [3.05, 3.63) is 35.4 Å². The molecule has 0 aliphatic heterocycles. The van der Waals surface area contributed by atoms with E-state index in [4.69, 9.17) is 11.6 Å². The molecule has 1 aromatic rings. The van der Waals surface area contributed by atoms with E-state index < -0.39 is 8.74 Å². The first-order valence-corrected chi connectivity index (χ1v) is 7.95. The minimum absolute atomic E-state index is 0.0211. The van der Waals surface area contributed by atoms with Crippen LogP contribution in [0.1, 0.15) is 24.0 Å². The van der Waals surface area contributed by atoms with Crippen molar-refractivity contribution in [2.75, 3.05) is 0 Å². The summed E-state index contributed by atoms with van der Waals surface area (Å²) in [5.74, 6) is 0.397. The smallest absolute Gasteiger partial charge is 0.271 e. The van der Waals surface area contributed by atoms with Crippen LogP contribution in [0.15, 0.2) is 24.3 Å². The molecule has 0 nitrogen and oxygen atoms in total. The molecule has 0 fully saturated rings. The summed E-state index contributed by atoms with van der Waals surface area (Å²) >= 11 is 5.65. The lowest BCUT2D eigenvalue weighted by molar-refractivity contribution is 0.588. The Morgan fingerprint density at radius 2 is 1.80 bits per heavy atom. The van der Waals surface area contributed by atoms with Gasteiger partial charge in [-0.25, -0.2) is 0 Å². The van der Waals surface area contributed by atoms with Gasteiger partial charge in [-0.1, -0.05) is 31.2 Å². The fourth-order valence-corrected chi connectivity index (χ4v) is 3.08. The second kappa shape index (κ2) is 5.08. The van der Waals surface area contributed by atoms with Gasteiger partial charge in [-0.3, -0.25) is 8.22 Å². The third-order valence-electron chi connectivity index (χ3n) is 2.37. The highest BCUT2D eigenvalue weighted by Crippen LogP contribution is 2.27. The molecule has 0 aliphatic rings. The molecule has 0 bridgehead atoms. The normalized spacial score (nSPS) is 13.9. The molecular formula is C11H15ClF2Si. The van der Waals surface area contributed by atoms with Gasteiger partial charge in [-0.2, -0.15) is 0 Å². The standard InChI is InChI=1S/C11H15ClF2Si/c1-9(8-15(2,13)14)11-5-3-10(7-12)4-6-11/h3-6,9H,7-8H2,1-2H3. The predicted molar refractivity (Wildman–Crippen MR) is 63.1 cm³/mol. The van der Waals surface area contributed by atoms with Crippen molar-refractivity contribution in [3.8, 4) is 0 Å².